The molecule has 0 aliphatic heterocycles. The molecule has 0 saturated carbocycles. The molecule has 5 heteroatoms. The summed E-state index contributed by atoms with van der Waals surface area (Å²) >= 11 is 0. The fourth-order valence-electron chi connectivity index (χ4n) is 1.96. The van der Waals surface area contributed by atoms with Gasteiger partial charge in [-0.25, -0.2) is 15.8 Å². The summed E-state index contributed by atoms with van der Waals surface area (Å²) in [6.07, 6.45) is 4.67. The van der Waals surface area contributed by atoms with E-state index in [1.165, 1.54) is 0 Å². The Morgan fingerprint density at radius 2 is 2.00 bits per heavy atom. The van der Waals surface area contributed by atoms with Gasteiger partial charge in [-0.3, -0.25) is 0 Å². The van der Waals surface area contributed by atoms with Crippen LogP contribution in [0.2, 0.25) is 0 Å². The maximum absolute atomic E-state index is 5.51. The normalized spacial score (nSPS) is 10.4. The average molecular weight is 237 g/mol. The first-order chi connectivity index (χ1) is 8.28. The summed E-state index contributed by atoms with van der Waals surface area (Å²) in [6.45, 7) is 8.42. The highest BCUT2D eigenvalue weighted by molar-refractivity contribution is 5.58. The molecule has 0 aliphatic rings. The summed E-state index contributed by atoms with van der Waals surface area (Å²) in [6, 6.07) is 0. The van der Waals surface area contributed by atoms with Gasteiger partial charge in [0.05, 0.1) is 0 Å². The number of nitrogens with zero attached hydrogens (tertiary/aromatic N) is 3. The molecular weight excluding hydrogens is 214 g/mol. The molecule has 1 rings (SSSR count). The second-order valence-corrected chi connectivity index (χ2v) is 4.00. The predicted molar refractivity (Wildman–Crippen MR) is 72.0 cm³/mol. The number of nitrogens with two attached hydrogens (primary N) is 1. The Kier molecular flexibility index (Phi) is 5.69. The van der Waals surface area contributed by atoms with E-state index in [4.69, 9.17) is 5.84 Å². The van der Waals surface area contributed by atoms with Crippen molar-refractivity contribution < 1.29 is 0 Å². The van der Waals surface area contributed by atoms with Gasteiger partial charge in [0.15, 0.2) is 0 Å². The van der Waals surface area contributed by atoms with Crippen molar-refractivity contribution in [1.29, 1.82) is 0 Å². The minimum atomic E-state index is 0.742. The number of nitrogens with one attached hydrogen (secondary N) is 1. The van der Waals surface area contributed by atoms with Crippen molar-refractivity contribution in [3.63, 3.8) is 0 Å². The van der Waals surface area contributed by atoms with Crippen molar-refractivity contribution in [2.75, 3.05) is 23.4 Å². The molecule has 0 aromatic carbocycles. The summed E-state index contributed by atoms with van der Waals surface area (Å²) in [5, 5.41) is 0. The van der Waals surface area contributed by atoms with Crippen molar-refractivity contribution >= 4 is 11.6 Å². The smallest absolute Gasteiger partial charge is 0.148 e. The highest BCUT2D eigenvalue weighted by Gasteiger charge is 2.14. The number of hydrogen-bond acceptors (Lipinski definition) is 5. The number of aromatic nitrogens is 2. The molecule has 0 bridgehead atoms. The van der Waals surface area contributed by atoms with E-state index in [1.807, 2.05) is 0 Å². The van der Waals surface area contributed by atoms with Crippen molar-refractivity contribution in [3.05, 3.63) is 11.9 Å². The number of hydrogen-bond donors (Lipinski definition) is 2. The first-order valence-electron chi connectivity index (χ1n) is 6.33. The topological polar surface area (TPSA) is 67.1 Å². The van der Waals surface area contributed by atoms with E-state index in [0.717, 1.165) is 49.6 Å². The van der Waals surface area contributed by atoms with E-state index >= 15 is 0 Å². The van der Waals surface area contributed by atoms with Gasteiger partial charge < -0.3 is 10.3 Å². The third kappa shape index (κ3) is 3.30. The van der Waals surface area contributed by atoms with E-state index in [-0.39, 0.29) is 0 Å². The molecule has 0 saturated heterocycles. The van der Waals surface area contributed by atoms with Crippen LogP contribution < -0.4 is 16.2 Å². The van der Waals surface area contributed by atoms with Crippen LogP contribution in [0, 0.1) is 0 Å². The molecule has 0 aliphatic carbocycles. The molecule has 0 radical (unpaired) electrons. The van der Waals surface area contributed by atoms with Crippen molar-refractivity contribution in [2.24, 2.45) is 5.84 Å². The Balaban J connectivity index is 3.10. The molecule has 5 nitrogen and oxygen atoms in total. The number of rotatable bonds is 7. The number of hydrazine groups is 1. The van der Waals surface area contributed by atoms with Crippen LogP contribution in [0.5, 0.6) is 0 Å². The Hall–Kier alpha value is -1.36. The molecule has 1 aromatic heterocycles. The lowest BCUT2D eigenvalue weighted by atomic mass is 10.1. The lowest BCUT2D eigenvalue weighted by molar-refractivity contribution is 0.762. The fraction of sp³-hybridized carbons (Fsp3) is 0.667. The molecule has 96 valence electrons. The summed E-state index contributed by atoms with van der Waals surface area (Å²) in [5.41, 5.74) is 3.78. The molecular formula is C12H23N5. The summed E-state index contributed by atoms with van der Waals surface area (Å²) < 4.78 is 0. The van der Waals surface area contributed by atoms with Gasteiger partial charge in [0, 0.05) is 18.7 Å². The van der Waals surface area contributed by atoms with Crippen molar-refractivity contribution in [2.45, 2.75) is 40.0 Å². The van der Waals surface area contributed by atoms with Crippen molar-refractivity contribution in [1.82, 2.24) is 9.97 Å². The van der Waals surface area contributed by atoms with Crippen LogP contribution in [-0.2, 0) is 6.42 Å². The van der Waals surface area contributed by atoms with Gasteiger partial charge in [-0.05, 0) is 19.8 Å². The molecule has 0 amide bonds. The molecule has 0 fully saturated rings. The monoisotopic (exact) mass is 237 g/mol. The van der Waals surface area contributed by atoms with E-state index < -0.39 is 0 Å². The molecule has 17 heavy (non-hydrogen) atoms. The largest absolute Gasteiger partial charge is 0.357 e. The van der Waals surface area contributed by atoms with E-state index in [9.17, 15) is 0 Å². The summed E-state index contributed by atoms with van der Waals surface area (Å²) in [7, 11) is 0. The van der Waals surface area contributed by atoms with Gasteiger partial charge in [0.1, 0.15) is 18.0 Å². The minimum absolute atomic E-state index is 0.742. The van der Waals surface area contributed by atoms with Gasteiger partial charge in [0.2, 0.25) is 0 Å². The minimum Gasteiger partial charge on any atom is -0.357 e. The summed E-state index contributed by atoms with van der Waals surface area (Å²) in [5.74, 6) is 7.26. The number of anilines is 2. The lowest BCUT2D eigenvalue weighted by Crippen LogP contribution is -2.27. The van der Waals surface area contributed by atoms with Crippen LogP contribution >= 0.6 is 0 Å². The highest BCUT2D eigenvalue weighted by atomic mass is 15.3. The van der Waals surface area contributed by atoms with E-state index in [1.54, 1.807) is 6.33 Å². The van der Waals surface area contributed by atoms with E-state index in [2.05, 4.69) is 41.1 Å². The van der Waals surface area contributed by atoms with Crippen LogP contribution in [0.15, 0.2) is 6.33 Å². The third-order valence-corrected chi connectivity index (χ3v) is 2.73. The highest BCUT2D eigenvalue weighted by Crippen LogP contribution is 2.24. The zero-order valence-corrected chi connectivity index (χ0v) is 11.0. The Bertz CT molecular complexity index is 340. The maximum atomic E-state index is 5.51. The Morgan fingerprint density at radius 3 is 2.53 bits per heavy atom. The van der Waals surface area contributed by atoms with Crippen LogP contribution in [0.3, 0.4) is 0 Å². The van der Waals surface area contributed by atoms with Crippen molar-refractivity contribution in [3.8, 4) is 0 Å². The zero-order valence-electron chi connectivity index (χ0n) is 11.0. The molecule has 0 unspecified atom stereocenters. The van der Waals surface area contributed by atoms with Gasteiger partial charge in [-0.15, -0.1) is 0 Å². The van der Waals surface area contributed by atoms with Gasteiger partial charge in [-0.1, -0.05) is 20.3 Å². The fourth-order valence-corrected chi connectivity index (χ4v) is 1.96. The maximum Gasteiger partial charge on any atom is 0.148 e. The zero-order chi connectivity index (χ0) is 12.7. The molecule has 1 aromatic rings. The molecule has 3 N–H and O–H groups in total. The quantitative estimate of drug-likeness (QED) is 0.560. The van der Waals surface area contributed by atoms with Gasteiger partial charge in [0.25, 0.3) is 0 Å². The van der Waals surface area contributed by atoms with E-state index in [0.29, 0.717) is 0 Å². The average Bonchev–Trinajstić information content (AvgIpc) is 2.37. The SMILES string of the molecule is CCCc1c(NN)ncnc1N(CC)CCC. The standard InChI is InChI=1S/C12H23N5/c1-4-7-10-11(16-13)14-9-15-12(10)17(6-3)8-5-2/h9H,4-8,13H2,1-3H3,(H,14,15,16). The lowest BCUT2D eigenvalue weighted by Gasteiger charge is -2.24. The first-order valence-corrected chi connectivity index (χ1v) is 6.33. The Morgan fingerprint density at radius 1 is 1.24 bits per heavy atom. The van der Waals surface area contributed by atoms with Crippen LogP contribution in [0.1, 0.15) is 39.2 Å². The molecule has 1 heterocycles. The second kappa shape index (κ2) is 7.06. The van der Waals surface area contributed by atoms with Crippen LogP contribution in [0.25, 0.3) is 0 Å². The summed E-state index contributed by atoms with van der Waals surface area (Å²) in [4.78, 5) is 10.9. The Labute approximate surface area is 103 Å². The van der Waals surface area contributed by atoms with Gasteiger partial charge in [-0.2, -0.15) is 0 Å². The van der Waals surface area contributed by atoms with Crippen LogP contribution in [-0.4, -0.2) is 23.1 Å². The number of nitrogen functional groups attached to an aromatic ring is 1. The van der Waals surface area contributed by atoms with Gasteiger partial charge >= 0.3 is 0 Å². The van der Waals surface area contributed by atoms with Crippen LogP contribution in [0.4, 0.5) is 11.6 Å². The third-order valence-electron chi connectivity index (χ3n) is 2.73. The molecule has 0 spiro atoms. The molecule has 0 atom stereocenters. The predicted octanol–water partition coefficient (Wildman–Crippen LogP) is 1.95. The first kappa shape index (κ1) is 13.7. The second-order valence-electron chi connectivity index (χ2n) is 4.00.